The summed E-state index contributed by atoms with van der Waals surface area (Å²) in [6.07, 6.45) is 2.50. The van der Waals surface area contributed by atoms with Crippen molar-refractivity contribution in [2.24, 2.45) is 0 Å². The Bertz CT molecular complexity index is 645. The summed E-state index contributed by atoms with van der Waals surface area (Å²) in [5, 5.41) is 3.36. The maximum Gasteiger partial charge on any atom is 0.152 e. The van der Waals surface area contributed by atoms with Gasteiger partial charge in [-0.3, -0.25) is 0 Å². The van der Waals surface area contributed by atoms with Gasteiger partial charge < -0.3 is 10.2 Å². The molecule has 1 aromatic rings. The summed E-state index contributed by atoms with van der Waals surface area (Å²) in [5.74, 6) is 2.08. The van der Waals surface area contributed by atoms with Gasteiger partial charge in [-0.15, -0.1) is 0 Å². The number of rotatable bonds is 2. The third-order valence-electron chi connectivity index (χ3n) is 4.25. The summed E-state index contributed by atoms with van der Waals surface area (Å²) < 4.78 is 23.2. The number of aromatic nitrogens is 2. The van der Waals surface area contributed by atoms with E-state index in [1.165, 1.54) is 0 Å². The molecule has 7 heteroatoms. The number of aryl methyl sites for hydroxylation is 1. The standard InChI is InChI=1S/C14H22N4O2S/c1-10-15-13-4-7-18(2)6-3-12(13)14(16-10)17-11-5-8-21(19,20)9-11/h11H,3-9H2,1-2H3,(H,15,16,17). The van der Waals surface area contributed by atoms with Crippen LogP contribution in [0.2, 0.25) is 0 Å². The highest BCUT2D eigenvalue weighted by Gasteiger charge is 2.29. The molecule has 0 bridgehead atoms. The fourth-order valence-corrected chi connectivity index (χ4v) is 4.73. The average Bonchev–Trinajstić information content (AvgIpc) is 2.62. The fourth-order valence-electron chi connectivity index (χ4n) is 3.06. The predicted octanol–water partition coefficient (Wildman–Crippen LogP) is 0.414. The second-order valence-corrected chi connectivity index (χ2v) is 8.32. The molecule has 116 valence electrons. The topological polar surface area (TPSA) is 75.2 Å². The van der Waals surface area contributed by atoms with Crippen molar-refractivity contribution in [3.63, 3.8) is 0 Å². The van der Waals surface area contributed by atoms with Crippen molar-refractivity contribution in [3.8, 4) is 0 Å². The fraction of sp³-hybridized carbons (Fsp3) is 0.714. The Labute approximate surface area is 125 Å². The van der Waals surface area contributed by atoms with Gasteiger partial charge >= 0.3 is 0 Å². The largest absolute Gasteiger partial charge is 0.366 e. The van der Waals surface area contributed by atoms with Gasteiger partial charge in [0.15, 0.2) is 9.84 Å². The number of fused-ring (bicyclic) bond motifs is 1. The molecule has 0 aromatic carbocycles. The van der Waals surface area contributed by atoms with E-state index >= 15 is 0 Å². The van der Waals surface area contributed by atoms with Crippen LogP contribution in [0.15, 0.2) is 0 Å². The van der Waals surface area contributed by atoms with Crippen molar-refractivity contribution >= 4 is 15.7 Å². The lowest BCUT2D eigenvalue weighted by Gasteiger charge is -2.17. The molecule has 1 unspecified atom stereocenters. The molecular weight excluding hydrogens is 288 g/mol. The van der Waals surface area contributed by atoms with E-state index in [9.17, 15) is 8.42 Å². The number of hydrogen-bond donors (Lipinski definition) is 1. The molecule has 6 nitrogen and oxygen atoms in total. The van der Waals surface area contributed by atoms with Gasteiger partial charge in [0.05, 0.1) is 17.2 Å². The predicted molar refractivity (Wildman–Crippen MR) is 82.4 cm³/mol. The van der Waals surface area contributed by atoms with Crippen molar-refractivity contribution in [3.05, 3.63) is 17.1 Å². The highest BCUT2D eigenvalue weighted by molar-refractivity contribution is 7.91. The van der Waals surface area contributed by atoms with Gasteiger partial charge in [0.1, 0.15) is 11.6 Å². The molecule has 21 heavy (non-hydrogen) atoms. The number of anilines is 1. The maximum atomic E-state index is 11.6. The molecule has 1 saturated heterocycles. The van der Waals surface area contributed by atoms with E-state index in [1.54, 1.807) is 0 Å². The normalized spacial score (nSPS) is 25.3. The maximum absolute atomic E-state index is 11.6. The van der Waals surface area contributed by atoms with Crippen LogP contribution in [0, 0.1) is 6.92 Å². The van der Waals surface area contributed by atoms with Gasteiger partial charge in [-0.25, -0.2) is 18.4 Å². The SMILES string of the molecule is Cc1nc2c(c(NC3CCS(=O)(=O)C3)n1)CCN(C)CC2. The number of nitrogens with zero attached hydrogens (tertiary/aromatic N) is 3. The monoisotopic (exact) mass is 310 g/mol. The minimum atomic E-state index is -2.88. The Balaban J connectivity index is 1.87. The van der Waals surface area contributed by atoms with Gasteiger partial charge in [-0.2, -0.15) is 0 Å². The third kappa shape index (κ3) is 3.35. The number of sulfone groups is 1. The van der Waals surface area contributed by atoms with Crippen molar-refractivity contribution in [2.75, 3.05) is 37.0 Å². The summed E-state index contributed by atoms with van der Waals surface area (Å²) in [5.41, 5.74) is 2.27. The number of hydrogen-bond acceptors (Lipinski definition) is 6. The van der Waals surface area contributed by atoms with Crippen LogP contribution in [0.3, 0.4) is 0 Å². The van der Waals surface area contributed by atoms with Crippen LogP contribution >= 0.6 is 0 Å². The van der Waals surface area contributed by atoms with Crippen LogP contribution in [-0.2, 0) is 22.7 Å². The van der Waals surface area contributed by atoms with E-state index in [0.717, 1.165) is 48.8 Å². The quantitative estimate of drug-likeness (QED) is 0.853. The van der Waals surface area contributed by atoms with E-state index in [4.69, 9.17) is 0 Å². The molecule has 1 aromatic heterocycles. The van der Waals surface area contributed by atoms with Crippen LogP contribution in [0.1, 0.15) is 23.5 Å². The van der Waals surface area contributed by atoms with Crippen LogP contribution in [0.25, 0.3) is 0 Å². The third-order valence-corrected chi connectivity index (χ3v) is 6.02. The van der Waals surface area contributed by atoms with Crippen molar-refractivity contribution in [1.82, 2.24) is 14.9 Å². The summed E-state index contributed by atoms with van der Waals surface area (Å²) in [7, 11) is -0.763. The zero-order valence-corrected chi connectivity index (χ0v) is 13.4. The summed E-state index contributed by atoms with van der Waals surface area (Å²) in [6, 6.07) is -0.0191. The first kappa shape index (κ1) is 14.7. The van der Waals surface area contributed by atoms with Crippen LogP contribution < -0.4 is 5.32 Å². The first-order chi connectivity index (χ1) is 9.93. The molecular formula is C14H22N4O2S. The Morgan fingerprint density at radius 3 is 2.71 bits per heavy atom. The smallest absolute Gasteiger partial charge is 0.152 e. The van der Waals surface area contributed by atoms with Crippen LogP contribution in [0.5, 0.6) is 0 Å². The molecule has 3 heterocycles. The van der Waals surface area contributed by atoms with Gasteiger partial charge in [-0.05, 0) is 26.8 Å². The van der Waals surface area contributed by atoms with Crippen molar-refractivity contribution < 1.29 is 8.42 Å². The van der Waals surface area contributed by atoms with E-state index in [-0.39, 0.29) is 17.5 Å². The van der Waals surface area contributed by atoms with E-state index in [0.29, 0.717) is 6.42 Å². The lowest BCUT2D eigenvalue weighted by atomic mass is 10.1. The minimum absolute atomic E-state index is 0.0191. The summed E-state index contributed by atoms with van der Waals surface area (Å²) >= 11 is 0. The average molecular weight is 310 g/mol. The first-order valence-electron chi connectivity index (χ1n) is 7.45. The highest BCUT2D eigenvalue weighted by atomic mass is 32.2. The van der Waals surface area contributed by atoms with Gasteiger partial charge in [0.25, 0.3) is 0 Å². The van der Waals surface area contributed by atoms with Crippen molar-refractivity contribution in [2.45, 2.75) is 32.2 Å². The Hall–Kier alpha value is -1.21. The first-order valence-corrected chi connectivity index (χ1v) is 9.27. The van der Waals surface area contributed by atoms with Gasteiger partial charge in [0.2, 0.25) is 0 Å². The zero-order valence-electron chi connectivity index (χ0n) is 12.6. The van der Waals surface area contributed by atoms with Crippen molar-refractivity contribution in [1.29, 1.82) is 0 Å². The molecule has 1 N–H and O–H groups in total. The Morgan fingerprint density at radius 1 is 1.24 bits per heavy atom. The summed E-state index contributed by atoms with van der Waals surface area (Å²) in [6.45, 7) is 3.88. The number of likely N-dealkylation sites (N-methyl/N-ethyl adjacent to an activating group) is 1. The molecule has 0 saturated carbocycles. The number of nitrogens with one attached hydrogen (secondary N) is 1. The molecule has 3 rings (SSSR count). The van der Waals surface area contributed by atoms with E-state index in [2.05, 4.69) is 27.2 Å². The van der Waals surface area contributed by atoms with Gasteiger partial charge in [0, 0.05) is 31.1 Å². The minimum Gasteiger partial charge on any atom is -0.366 e. The van der Waals surface area contributed by atoms with Crippen LogP contribution in [-0.4, -0.2) is 61.0 Å². The zero-order chi connectivity index (χ0) is 15.0. The summed E-state index contributed by atoms with van der Waals surface area (Å²) in [4.78, 5) is 11.4. The molecule has 1 atom stereocenters. The molecule has 0 spiro atoms. The second kappa shape index (κ2) is 5.53. The highest BCUT2D eigenvalue weighted by Crippen LogP contribution is 2.24. The van der Waals surface area contributed by atoms with E-state index < -0.39 is 9.84 Å². The van der Waals surface area contributed by atoms with E-state index in [1.807, 2.05) is 6.92 Å². The molecule has 1 fully saturated rings. The molecule has 2 aliphatic rings. The Kier molecular flexibility index (Phi) is 3.88. The molecule has 2 aliphatic heterocycles. The van der Waals surface area contributed by atoms with Gasteiger partial charge in [-0.1, -0.05) is 0 Å². The molecule has 0 aliphatic carbocycles. The Morgan fingerprint density at radius 2 is 2.00 bits per heavy atom. The molecule has 0 radical (unpaired) electrons. The molecule has 0 amide bonds. The van der Waals surface area contributed by atoms with Crippen LogP contribution in [0.4, 0.5) is 5.82 Å². The second-order valence-electron chi connectivity index (χ2n) is 6.09. The lowest BCUT2D eigenvalue weighted by Crippen LogP contribution is -2.23. The lowest BCUT2D eigenvalue weighted by molar-refractivity contribution is 0.352.